The highest BCUT2D eigenvalue weighted by Gasteiger charge is 2.47. The third-order valence-corrected chi connectivity index (χ3v) is 9.98. The van der Waals surface area contributed by atoms with Crippen molar-refractivity contribution >= 4 is 7.60 Å². The van der Waals surface area contributed by atoms with Crippen molar-refractivity contribution in [1.82, 2.24) is 0 Å². The Labute approximate surface area is 200 Å². The SMILES string of the molecule is CC(C)[C@H]1CC[C@H](C)C[C@H]1OP(=O)(O[C@@H]1C[C@@H](C)CC[C@H]1C(C)C)[C@H](O)c1ccccc1F. The van der Waals surface area contributed by atoms with Crippen LogP contribution < -0.4 is 0 Å². The van der Waals surface area contributed by atoms with E-state index in [2.05, 4.69) is 41.5 Å². The summed E-state index contributed by atoms with van der Waals surface area (Å²) in [7, 11) is -4.09. The van der Waals surface area contributed by atoms with Gasteiger partial charge in [0.1, 0.15) is 5.82 Å². The van der Waals surface area contributed by atoms with Gasteiger partial charge in [0.05, 0.1) is 12.2 Å². The van der Waals surface area contributed by atoms with Crippen LogP contribution in [0.5, 0.6) is 0 Å². The average molecular weight is 483 g/mol. The molecule has 2 aliphatic rings. The van der Waals surface area contributed by atoms with Crippen LogP contribution in [0.4, 0.5) is 4.39 Å². The van der Waals surface area contributed by atoms with Crippen molar-refractivity contribution in [2.45, 2.75) is 98.1 Å². The van der Waals surface area contributed by atoms with Gasteiger partial charge in [0, 0.05) is 5.56 Å². The monoisotopic (exact) mass is 482 g/mol. The molecule has 0 bridgehead atoms. The number of rotatable bonds is 8. The molecule has 0 amide bonds. The van der Waals surface area contributed by atoms with Gasteiger partial charge in [0.2, 0.25) is 0 Å². The molecule has 1 unspecified atom stereocenters. The number of halogens is 1. The summed E-state index contributed by atoms with van der Waals surface area (Å²) in [6.45, 7) is 13.0. The second kappa shape index (κ2) is 11.3. The first-order valence-corrected chi connectivity index (χ1v) is 14.5. The first-order chi connectivity index (χ1) is 15.5. The third-order valence-electron chi connectivity index (χ3n) is 7.97. The van der Waals surface area contributed by atoms with Crippen LogP contribution in [0, 0.1) is 41.3 Å². The summed E-state index contributed by atoms with van der Waals surface area (Å²) in [6, 6.07) is 5.97. The maximum atomic E-state index is 14.7. The maximum Gasteiger partial charge on any atom is 0.364 e. The van der Waals surface area contributed by atoms with Gasteiger partial charge in [-0.15, -0.1) is 0 Å². The molecule has 0 heterocycles. The topological polar surface area (TPSA) is 55.8 Å². The van der Waals surface area contributed by atoms with E-state index in [1.54, 1.807) is 12.1 Å². The van der Waals surface area contributed by atoms with Crippen LogP contribution in [0.15, 0.2) is 24.3 Å². The van der Waals surface area contributed by atoms with E-state index in [4.69, 9.17) is 9.05 Å². The van der Waals surface area contributed by atoms with Crippen molar-refractivity contribution in [3.05, 3.63) is 35.6 Å². The number of hydrogen-bond acceptors (Lipinski definition) is 4. The summed E-state index contributed by atoms with van der Waals surface area (Å²) in [5, 5.41) is 11.3. The summed E-state index contributed by atoms with van der Waals surface area (Å²) < 4.78 is 41.9. The quantitative estimate of drug-likeness (QED) is 0.382. The van der Waals surface area contributed by atoms with Crippen LogP contribution in [0.3, 0.4) is 0 Å². The normalized spacial score (nSPS) is 33.8. The molecule has 0 spiro atoms. The van der Waals surface area contributed by atoms with E-state index in [0.717, 1.165) is 38.5 Å². The first kappa shape index (κ1) is 26.9. The predicted octanol–water partition coefficient (Wildman–Crippen LogP) is 7.96. The van der Waals surface area contributed by atoms with Crippen molar-refractivity contribution in [3.63, 3.8) is 0 Å². The molecule has 2 fully saturated rings. The van der Waals surface area contributed by atoms with Crippen LogP contribution in [-0.2, 0) is 13.6 Å². The maximum absolute atomic E-state index is 14.7. The molecule has 0 radical (unpaired) electrons. The van der Waals surface area contributed by atoms with E-state index < -0.39 is 19.3 Å². The fourth-order valence-electron chi connectivity index (χ4n) is 5.84. The van der Waals surface area contributed by atoms with Gasteiger partial charge in [0.15, 0.2) is 5.85 Å². The van der Waals surface area contributed by atoms with Crippen LogP contribution in [0.1, 0.15) is 91.5 Å². The van der Waals surface area contributed by atoms with E-state index in [-0.39, 0.29) is 29.6 Å². The summed E-state index contributed by atoms with van der Waals surface area (Å²) in [6.07, 6.45) is 5.20. The molecule has 3 rings (SSSR count). The average Bonchev–Trinajstić information content (AvgIpc) is 2.73. The van der Waals surface area contributed by atoms with Crippen LogP contribution >= 0.6 is 7.60 Å². The highest BCUT2D eigenvalue weighted by atomic mass is 31.2. The lowest BCUT2D eigenvalue weighted by Gasteiger charge is -2.42. The molecule has 0 saturated heterocycles. The number of benzene rings is 1. The minimum atomic E-state index is -4.09. The largest absolute Gasteiger partial charge is 0.376 e. The number of aliphatic hydroxyl groups excluding tert-OH is 1. The molecule has 1 aromatic carbocycles. The zero-order valence-corrected chi connectivity index (χ0v) is 22.1. The van der Waals surface area contributed by atoms with E-state index >= 15 is 0 Å². The van der Waals surface area contributed by atoms with Crippen molar-refractivity contribution in [3.8, 4) is 0 Å². The lowest BCUT2D eigenvalue weighted by Crippen LogP contribution is -2.37. The Bertz CT molecular complexity index is 775. The summed E-state index contributed by atoms with van der Waals surface area (Å²) >= 11 is 0. The summed E-state index contributed by atoms with van der Waals surface area (Å²) in [5.74, 6) is -0.154. The molecule has 2 aliphatic carbocycles. The van der Waals surface area contributed by atoms with Crippen molar-refractivity contribution in [1.29, 1.82) is 0 Å². The van der Waals surface area contributed by atoms with E-state index in [1.807, 2.05) is 0 Å². The minimum absolute atomic E-state index is 0.0178. The predicted molar refractivity (Wildman–Crippen MR) is 131 cm³/mol. The van der Waals surface area contributed by atoms with Crippen molar-refractivity contribution < 1.29 is 23.1 Å². The molecule has 0 aromatic heterocycles. The molecule has 1 aromatic rings. The Kier molecular flexibility index (Phi) is 9.22. The lowest BCUT2D eigenvalue weighted by molar-refractivity contribution is -0.0156. The van der Waals surface area contributed by atoms with Gasteiger partial charge in [0.25, 0.3) is 0 Å². The summed E-state index contributed by atoms with van der Waals surface area (Å²) in [4.78, 5) is 0. The smallest absolute Gasteiger partial charge is 0.364 e. The first-order valence-electron chi connectivity index (χ1n) is 12.9. The van der Waals surface area contributed by atoms with Crippen LogP contribution in [0.2, 0.25) is 0 Å². The Morgan fingerprint density at radius 1 is 0.879 bits per heavy atom. The molecule has 33 heavy (non-hydrogen) atoms. The van der Waals surface area contributed by atoms with Gasteiger partial charge in [-0.25, -0.2) is 4.39 Å². The second-order valence-corrected chi connectivity index (χ2v) is 13.4. The molecular weight excluding hydrogens is 438 g/mol. The zero-order chi connectivity index (χ0) is 24.3. The molecular formula is C27H44FO4P. The molecule has 8 atom stereocenters. The van der Waals surface area contributed by atoms with Gasteiger partial charge < -0.3 is 14.2 Å². The fraction of sp³-hybridized carbons (Fsp3) is 0.778. The Hall–Kier alpha value is -0.740. The number of aliphatic hydroxyl groups is 1. The van der Waals surface area contributed by atoms with Crippen molar-refractivity contribution in [2.24, 2.45) is 35.5 Å². The molecule has 2 saturated carbocycles. The van der Waals surface area contributed by atoms with Crippen LogP contribution in [-0.4, -0.2) is 17.3 Å². The minimum Gasteiger partial charge on any atom is -0.376 e. The highest BCUT2D eigenvalue weighted by Crippen LogP contribution is 2.64. The summed E-state index contributed by atoms with van der Waals surface area (Å²) in [5.41, 5.74) is -0.0178. The van der Waals surface area contributed by atoms with E-state index in [9.17, 15) is 14.1 Å². The van der Waals surface area contributed by atoms with Gasteiger partial charge in [-0.1, -0.05) is 72.6 Å². The Morgan fingerprint density at radius 2 is 1.33 bits per heavy atom. The van der Waals surface area contributed by atoms with E-state index in [0.29, 0.717) is 23.7 Å². The van der Waals surface area contributed by atoms with Crippen molar-refractivity contribution in [2.75, 3.05) is 0 Å². The Balaban J connectivity index is 1.96. The lowest BCUT2D eigenvalue weighted by atomic mass is 9.75. The molecule has 0 aliphatic heterocycles. The van der Waals surface area contributed by atoms with E-state index in [1.165, 1.54) is 12.1 Å². The fourth-order valence-corrected chi connectivity index (χ4v) is 7.91. The Morgan fingerprint density at radius 3 is 1.76 bits per heavy atom. The van der Waals surface area contributed by atoms with Crippen LogP contribution in [0.25, 0.3) is 0 Å². The molecule has 1 N–H and O–H groups in total. The highest BCUT2D eigenvalue weighted by molar-refractivity contribution is 7.54. The standard InChI is InChI=1S/C27H44FO4P/c1-17(2)21-13-11-19(5)15-25(21)31-33(30,27(29)23-9-7-8-10-24(23)28)32-26-16-20(6)12-14-22(26)18(3)4/h7-10,17-22,25-27,29H,11-16H2,1-6H3/t19-,20-,21-,22+,25+,26+,27-,33?/m0/s1. The van der Waals surface area contributed by atoms with Gasteiger partial charge >= 0.3 is 7.60 Å². The third kappa shape index (κ3) is 6.48. The van der Waals surface area contributed by atoms with Gasteiger partial charge in [-0.05, 0) is 67.3 Å². The molecule has 6 heteroatoms. The molecule has 188 valence electrons. The zero-order valence-electron chi connectivity index (χ0n) is 21.2. The second-order valence-electron chi connectivity index (χ2n) is 11.4. The molecule has 4 nitrogen and oxygen atoms in total. The van der Waals surface area contributed by atoms with Gasteiger partial charge in [-0.2, -0.15) is 0 Å². The van der Waals surface area contributed by atoms with Gasteiger partial charge in [-0.3, -0.25) is 4.57 Å². The number of hydrogen-bond donors (Lipinski definition) is 1.